The Hall–Kier alpha value is -2.24. The lowest BCUT2D eigenvalue weighted by Gasteiger charge is -2.08. The summed E-state index contributed by atoms with van der Waals surface area (Å²) in [6.45, 7) is 6.46. The minimum atomic E-state index is -0.169. The van der Waals surface area contributed by atoms with E-state index < -0.39 is 0 Å². The molecule has 0 aliphatic heterocycles. The van der Waals surface area contributed by atoms with E-state index in [1.807, 2.05) is 32.4 Å². The van der Waals surface area contributed by atoms with E-state index in [0.717, 1.165) is 17.1 Å². The van der Waals surface area contributed by atoms with Gasteiger partial charge in [-0.2, -0.15) is 5.10 Å². The van der Waals surface area contributed by atoms with Crippen LogP contribution in [0.1, 0.15) is 28.8 Å². The molecule has 0 bridgehead atoms. The number of nitrogens with two attached hydrogens (primary N) is 1. The van der Waals surface area contributed by atoms with Gasteiger partial charge in [0.1, 0.15) is 5.69 Å². The molecule has 0 aliphatic carbocycles. The SMILES string of the molecule is CCn1cc(N)cc1C(=O)Nc1c(C)nn(C)c1C. The number of carbonyl (C=O) groups is 1. The third-order valence-electron chi connectivity index (χ3n) is 3.24. The van der Waals surface area contributed by atoms with E-state index in [1.165, 1.54) is 0 Å². The number of nitrogens with one attached hydrogen (secondary N) is 1. The van der Waals surface area contributed by atoms with Gasteiger partial charge in [-0.25, -0.2) is 0 Å². The van der Waals surface area contributed by atoms with Crippen LogP contribution in [0.3, 0.4) is 0 Å². The monoisotopic (exact) mass is 261 g/mol. The maximum atomic E-state index is 12.3. The topological polar surface area (TPSA) is 77.9 Å². The fraction of sp³-hybridized carbons (Fsp3) is 0.385. The minimum absolute atomic E-state index is 0.169. The third kappa shape index (κ3) is 2.33. The maximum absolute atomic E-state index is 12.3. The Morgan fingerprint density at radius 3 is 2.68 bits per heavy atom. The number of aryl methyl sites for hydroxylation is 3. The summed E-state index contributed by atoms with van der Waals surface area (Å²) in [5.41, 5.74) is 9.37. The van der Waals surface area contributed by atoms with Crippen molar-refractivity contribution in [3.05, 3.63) is 29.3 Å². The zero-order chi connectivity index (χ0) is 14.2. The fourth-order valence-electron chi connectivity index (χ4n) is 2.12. The quantitative estimate of drug-likeness (QED) is 0.882. The summed E-state index contributed by atoms with van der Waals surface area (Å²) in [6, 6.07) is 1.68. The van der Waals surface area contributed by atoms with Crippen molar-refractivity contribution in [3.63, 3.8) is 0 Å². The van der Waals surface area contributed by atoms with Crippen molar-refractivity contribution in [2.45, 2.75) is 27.3 Å². The Labute approximate surface area is 112 Å². The van der Waals surface area contributed by atoms with Gasteiger partial charge in [0.2, 0.25) is 0 Å². The third-order valence-corrected chi connectivity index (χ3v) is 3.24. The lowest BCUT2D eigenvalue weighted by molar-refractivity contribution is 0.101. The lowest BCUT2D eigenvalue weighted by atomic mass is 10.3. The van der Waals surface area contributed by atoms with Gasteiger partial charge in [-0.05, 0) is 26.8 Å². The van der Waals surface area contributed by atoms with Gasteiger partial charge in [0.25, 0.3) is 5.91 Å². The van der Waals surface area contributed by atoms with Crippen molar-refractivity contribution in [2.24, 2.45) is 7.05 Å². The average Bonchev–Trinajstić information content (AvgIpc) is 2.85. The first-order chi connectivity index (χ1) is 8.93. The van der Waals surface area contributed by atoms with Crippen molar-refractivity contribution in [3.8, 4) is 0 Å². The summed E-state index contributed by atoms with van der Waals surface area (Å²) in [6.07, 6.45) is 1.76. The van der Waals surface area contributed by atoms with Crippen LogP contribution in [0.25, 0.3) is 0 Å². The van der Waals surface area contributed by atoms with E-state index in [4.69, 9.17) is 5.73 Å². The molecule has 2 aromatic heterocycles. The van der Waals surface area contributed by atoms with Gasteiger partial charge in [-0.15, -0.1) is 0 Å². The van der Waals surface area contributed by atoms with Crippen LogP contribution >= 0.6 is 0 Å². The second-order valence-corrected chi connectivity index (χ2v) is 4.57. The molecule has 0 atom stereocenters. The molecule has 6 heteroatoms. The highest BCUT2D eigenvalue weighted by Crippen LogP contribution is 2.20. The van der Waals surface area contributed by atoms with Crippen LogP contribution in [0.2, 0.25) is 0 Å². The Morgan fingerprint density at radius 1 is 1.47 bits per heavy atom. The van der Waals surface area contributed by atoms with E-state index in [0.29, 0.717) is 17.9 Å². The number of amides is 1. The Kier molecular flexibility index (Phi) is 3.33. The first-order valence-corrected chi connectivity index (χ1v) is 6.21. The van der Waals surface area contributed by atoms with E-state index in [1.54, 1.807) is 16.9 Å². The van der Waals surface area contributed by atoms with Crippen molar-refractivity contribution < 1.29 is 4.79 Å². The minimum Gasteiger partial charge on any atom is -0.397 e. The second kappa shape index (κ2) is 4.79. The van der Waals surface area contributed by atoms with Crippen LogP contribution in [0.4, 0.5) is 11.4 Å². The number of rotatable bonds is 3. The molecule has 0 aliphatic rings. The van der Waals surface area contributed by atoms with Gasteiger partial charge in [0.15, 0.2) is 0 Å². The second-order valence-electron chi connectivity index (χ2n) is 4.57. The van der Waals surface area contributed by atoms with Gasteiger partial charge in [0, 0.05) is 19.8 Å². The highest BCUT2D eigenvalue weighted by molar-refractivity contribution is 6.04. The lowest BCUT2D eigenvalue weighted by Crippen LogP contribution is -2.17. The summed E-state index contributed by atoms with van der Waals surface area (Å²) in [5.74, 6) is -0.169. The molecular weight excluding hydrogens is 242 g/mol. The van der Waals surface area contributed by atoms with Gasteiger partial charge in [-0.3, -0.25) is 9.48 Å². The molecule has 1 amide bonds. The number of nitrogen functional groups attached to an aromatic ring is 1. The van der Waals surface area contributed by atoms with E-state index in [9.17, 15) is 4.79 Å². The number of aromatic nitrogens is 3. The molecule has 0 saturated carbocycles. The molecule has 19 heavy (non-hydrogen) atoms. The first-order valence-electron chi connectivity index (χ1n) is 6.21. The summed E-state index contributed by atoms with van der Waals surface area (Å²) < 4.78 is 3.57. The molecule has 3 N–H and O–H groups in total. The summed E-state index contributed by atoms with van der Waals surface area (Å²) in [5, 5.41) is 7.18. The highest BCUT2D eigenvalue weighted by atomic mass is 16.2. The average molecular weight is 261 g/mol. The van der Waals surface area contributed by atoms with E-state index in [2.05, 4.69) is 10.4 Å². The molecule has 6 nitrogen and oxygen atoms in total. The van der Waals surface area contributed by atoms with Gasteiger partial charge in [-0.1, -0.05) is 0 Å². The van der Waals surface area contributed by atoms with Crippen LogP contribution in [0.5, 0.6) is 0 Å². The smallest absolute Gasteiger partial charge is 0.272 e. The molecule has 2 aromatic rings. The zero-order valence-corrected chi connectivity index (χ0v) is 11.7. The van der Waals surface area contributed by atoms with Crippen molar-refractivity contribution in [2.75, 3.05) is 11.1 Å². The number of nitrogens with zero attached hydrogens (tertiary/aromatic N) is 3. The molecule has 0 aromatic carbocycles. The maximum Gasteiger partial charge on any atom is 0.272 e. The number of hydrogen-bond acceptors (Lipinski definition) is 3. The number of hydrogen-bond donors (Lipinski definition) is 2. The van der Waals surface area contributed by atoms with Crippen LogP contribution in [0, 0.1) is 13.8 Å². The predicted molar refractivity (Wildman–Crippen MR) is 75.2 cm³/mol. The van der Waals surface area contributed by atoms with Gasteiger partial charge >= 0.3 is 0 Å². The van der Waals surface area contributed by atoms with Crippen molar-refractivity contribution in [1.82, 2.24) is 14.3 Å². The van der Waals surface area contributed by atoms with Crippen LogP contribution in [-0.2, 0) is 13.6 Å². The predicted octanol–water partition coefficient (Wildman–Crippen LogP) is 1.69. The molecule has 2 rings (SSSR count). The molecule has 2 heterocycles. The Bertz CT molecular complexity index is 623. The number of anilines is 2. The zero-order valence-electron chi connectivity index (χ0n) is 11.7. The van der Waals surface area contributed by atoms with E-state index in [-0.39, 0.29) is 5.91 Å². The molecule has 0 unspecified atom stereocenters. The summed E-state index contributed by atoms with van der Waals surface area (Å²) in [4.78, 5) is 12.3. The van der Waals surface area contributed by atoms with Crippen molar-refractivity contribution in [1.29, 1.82) is 0 Å². The molecule has 0 spiro atoms. The largest absolute Gasteiger partial charge is 0.397 e. The first kappa shape index (κ1) is 13.2. The van der Waals surface area contributed by atoms with Gasteiger partial charge < -0.3 is 15.6 Å². The van der Waals surface area contributed by atoms with Gasteiger partial charge in [0.05, 0.1) is 22.8 Å². The van der Waals surface area contributed by atoms with Crippen LogP contribution in [0.15, 0.2) is 12.3 Å². The molecule has 0 saturated heterocycles. The van der Waals surface area contributed by atoms with Crippen LogP contribution in [-0.4, -0.2) is 20.3 Å². The highest BCUT2D eigenvalue weighted by Gasteiger charge is 2.16. The van der Waals surface area contributed by atoms with Crippen LogP contribution < -0.4 is 11.1 Å². The number of carbonyl (C=O) groups excluding carboxylic acids is 1. The normalized spacial score (nSPS) is 10.7. The Balaban J connectivity index is 2.30. The molecule has 0 fully saturated rings. The summed E-state index contributed by atoms with van der Waals surface area (Å²) >= 11 is 0. The summed E-state index contributed by atoms with van der Waals surface area (Å²) in [7, 11) is 1.85. The van der Waals surface area contributed by atoms with E-state index >= 15 is 0 Å². The molecule has 0 radical (unpaired) electrons. The molecular formula is C13H19N5O. The van der Waals surface area contributed by atoms with Crippen molar-refractivity contribution >= 4 is 17.3 Å². The Morgan fingerprint density at radius 2 is 2.16 bits per heavy atom. The standard InChI is InChI=1S/C13H19N5O/c1-5-18-7-10(14)6-11(18)13(19)15-12-8(2)16-17(4)9(12)3/h6-7H,5,14H2,1-4H3,(H,15,19). The fourth-order valence-corrected chi connectivity index (χ4v) is 2.12. The molecule has 102 valence electrons.